The highest BCUT2D eigenvalue weighted by Gasteiger charge is 2.21. The van der Waals surface area contributed by atoms with Crippen molar-refractivity contribution in [2.75, 3.05) is 7.05 Å². The summed E-state index contributed by atoms with van der Waals surface area (Å²) in [5.41, 5.74) is 2.55. The van der Waals surface area contributed by atoms with E-state index >= 15 is 0 Å². The van der Waals surface area contributed by atoms with E-state index in [-0.39, 0.29) is 0 Å². The first-order chi connectivity index (χ1) is 7.99. The summed E-state index contributed by atoms with van der Waals surface area (Å²) in [5.74, 6) is 1.33. The molecule has 3 heteroatoms. The maximum atomic E-state index is 4.52. The van der Waals surface area contributed by atoms with Crippen LogP contribution in [-0.4, -0.2) is 22.9 Å². The monoisotopic (exact) mass is 237 g/mol. The molecule has 0 bridgehead atoms. The van der Waals surface area contributed by atoms with Gasteiger partial charge in [0.2, 0.25) is 0 Å². The van der Waals surface area contributed by atoms with Gasteiger partial charge in [0.1, 0.15) is 0 Å². The third kappa shape index (κ3) is 3.56. The first-order valence-corrected chi connectivity index (χ1v) is 6.68. The van der Waals surface area contributed by atoms with E-state index in [0.29, 0.717) is 17.9 Å². The quantitative estimate of drug-likeness (QED) is 0.823. The Labute approximate surface area is 106 Å². The highest BCUT2D eigenvalue weighted by Crippen LogP contribution is 2.21. The van der Waals surface area contributed by atoms with Crippen molar-refractivity contribution in [2.45, 2.75) is 46.6 Å². The van der Waals surface area contributed by atoms with Crippen molar-refractivity contribution < 1.29 is 0 Å². The second-order valence-electron chi connectivity index (χ2n) is 5.29. The Morgan fingerprint density at radius 3 is 2.41 bits per heavy atom. The van der Waals surface area contributed by atoms with Crippen molar-refractivity contribution in [3.63, 3.8) is 0 Å². The molecule has 0 spiro atoms. The topological polar surface area (TPSA) is 29.9 Å². The number of nitrogens with zero attached hydrogens (tertiary/aromatic N) is 2. The number of hydrogen-bond donors (Lipinski definition) is 1. The van der Waals surface area contributed by atoms with E-state index in [9.17, 15) is 0 Å². The van der Waals surface area contributed by atoms with Gasteiger partial charge in [-0.2, -0.15) is 5.10 Å². The molecule has 2 atom stereocenters. The lowest BCUT2D eigenvalue weighted by Crippen LogP contribution is -2.35. The maximum absolute atomic E-state index is 4.52. The van der Waals surface area contributed by atoms with Gasteiger partial charge in [-0.3, -0.25) is 4.68 Å². The molecule has 1 heterocycles. The number of nitrogens with one attached hydrogen (secondary N) is 1. The van der Waals surface area contributed by atoms with E-state index in [1.807, 2.05) is 11.7 Å². The third-order valence-electron chi connectivity index (χ3n) is 3.79. The van der Waals surface area contributed by atoms with Crippen LogP contribution in [0.2, 0.25) is 0 Å². The number of rotatable bonds is 6. The van der Waals surface area contributed by atoms with Crippen LogP contribution < -0.4 is 5.32 Å². The molecule has 0 aliphatic rings. The first kappa shape index (κ1) is 14.2. The van der Waals surface area contributed by atoms with Gasteiger partial charge in [-0.25, -0.2) is 0 Å². The summed E-state index contributed by atoms with van der Waals surface area (Å²) in [6.07, 6.45) is 2.12. The van der Waals surface area contributed by atoms with Crippen molar-refractivity contribution in [1.82, 2.24) is 15.1 Å². The Hall–Kier alpha value is -0.830. The molecule has 0 aliphatic heterocycles. The second-order valence-corrected chi connectivity index (χ2v) is 5.29. The fourth-order valence-corrected chi connectivity index (χ4v) is 2.38. The van der Waals surface area contributed by atoms with Gasteiger partial charge in [-0.15, -0.1) is 0 Å². The van der Waals surface area contributed by atoms with Gasteiger partial charge in [0.15, 0.2) is 0 Å². The smallest absolute Gasteiger partial charge is 0.0624 e. The van der Waals surface area contributed by atoms with Crippen molar-refractivity contribution in [1.29, 1.82) is 0 Å². The van der Waals surface area contributed by atoms with Gasteiger partial charge < -0.3 is 5.32 Å². The van der Waals surface area contributed by atoms with Gasteiger partial charge in [-0.05, 0) is 44.7 Å². The van der Waals surface area contributed by atoms with Gasteiger partial charge in [-0.1, -0.05) is 20.8 Å². The summed E-state index contributed by atoms with van der Waals surface area (Å²) in [4.78, 5) is 0. The highest BCUT2D eigenvalue weighted by molar-refractivity contribution is 5.11. The zero-order valence-corrected chi connectivity index (χ0v) is 12.1. The summed E-state index contributed by atoms with van der Waals surface area (Å²) in [5, 5.41) is 7.90. The summed E-state index contributed by atoms with van der Waals surface area (Å²) < 4.78 is 2.04. The highest BCUT2D eigenvalue weighted by atomic mass is 15.3. The second kappa shape index (κ2) is 6.20. The molecule has 1 aromatic heterocycles. The van der Waals surface area contributed by atoms with Crippen LogP contribution in [0.3, 0.4) is 0 Å². The fourth-order valence-electron chi connectivity index (χ4n) is 2.38. The van der Waals surface area contributed by atoms with E-state index in [4.69, 9.17) is 0 Å². The number of aryl methyl sites for hydroxylation is 2. The van der Waals surface area contributed by atoms with Crippen LogP contribution in [-0.2, 0) is 19.9 Å². The Kier molecular flexibility index (Phi) is 5.19. The number of aromatic nitrogens is 2. The molecule has 0 saturated carbocycles. The lowest BCUT2D eigenvalue weighted by molar-refractivity contribution is 0.295. The Morgan fingerprint density at radius 1 is 1.35 bits per heavy atom. The average Bonchev–Trinajstić information content (AvgIpc) is 2.65. The minimum atomic E-state index is 0.537. The molecular weight excluding hydrogens is 210 g/mol. The van der Waals surface area contributed by atoms with Crippen molar-refractivity contribution >= 4 is 0 Å². The fraction of sp³-hybridized carbons (Fsp3) is 0.786. The minimum absolute atomic E-state index is 0.537. The van der Waals surface area contributed by atoms with Crippen LogP contribution in [0.4, 0.5) is 0 Å². The standard InChI is InChI=1S/C14H27N3/c1-7-12-8-13(17(6)16-12)9-14(10(2)3)11(4)15-5/h8,10-11,14-15H,7,9H2,1-6H3. The number of hydrogen-bond acceptors (Lipinski definition) is 2. The van der Waals surface area contributed by atoms with Gasteiger partial charge in [0.25, 0.3) is 0 Å². The molecule has 1 aromatic rings. The van der Waals surface area contributed by atoms with E-state index in [1.54, 1.807) is 0 Å². The molecule has 98 valence electrons. The molecule has 3 nitrogen and oxygen atoms in total. The summed E-state index contributed by atoms with van der Waals surface area (Å²) >= 11 is 0. The molecular formula is C14H27N3. The van der Waals surface area contributed by atoms with Crippen LogP contribution in [0.5, 0.6) is 0 Å². The molecule has 0 radical (unpaired) electrons. The van der Waals surface area contributed by atoms with Crippen LogP contribution in [0.15, 0.2) is 6.07 Å². The van der Waals surface area contributed by atoms with Gasteiger partial charge >= 0.3 is 0 Å². The van der Waals surface area contributed by atoms with Crippen molar-refractivity contribution in [3.05, 3.63) is 17.5 Å². The summed E-state index contributed by atoms with van der Waals surface area (Å²) in [6.45, 7) is 9.02. The molecule has 0 amide bonds. The van der Waals surface area contributed by atoms with Crippen LogP contribution >= 0.6 is 0 Å². The van der Waals surface area contributed by atoms with Gasteiger partial charge in [0, 0.05) is 18.8 Å². The van der Waals surface area contributed by atoms with Gasteiger partial charge in [0.05, 0.1) is 5.69 Å². The molecule has 0 aromatic carbocycles. The zero-order chi connectivity index (χ0) is 13.0. The molecule has 2 unspecified atom stereocenters. The lowest BCUT2D eigenvalue weighted by atomic mass is 9.85. The Bertz CT molecular complexity index is 341. The van der Waals surface area contributed by atoms with Crippen LogP contribution in [0.25, 0.3) is 0 Å². The van der Waals surface area contributed by atoms with E-state index < -0.39 is 0 Å². The average molecular weight is 237 g/mol. The molecule has 1 rings (SSSR count). The summed E-state index contributed by atoms with van der Waals surface area (Å²) in [7, 11) is 4.09. The van der Waals surface area contributed by atoms with Crippen molar-refractivity contribution in [2.24, 2.45) is 18.9 Å². The molecule has 17 heavy (non-hydrogen) atoms. The summed E-state index contributed by atoms with van der Waals surface area (Å²) in [6, 6.07) is 2.78. The van der Waals surface area contributed by atoms with Crippen LogP contribution in [0, 0.1) is 11.8 Å². The molecule has 0 saturated heterocycles. The van der Waals surface area contributed by atoms with E-state index in [2.05, 4.69) is 51.2 Å². The van der Waals surface area contributed by atoms with E-state index in [1.165, 1.54) is 11.4 Å². The molecule has 0 fully saturated rings. The predicted octanol–water partition coefficient (Wildman–Crippen LogP) is 2.41. The molecule has 0 aliphatic carbocycles. The Balaban J connectivity index is 2.81. The van der Waals surface area contributed by atoms with Crippen molar-refractivity contribution in [3.8, 4) is 0 Å². The first-order valence-electron chi connectivity index (χ1n) is 6.68. The lowest BCUT2D eigenvalue weighted by Gasteiger charge is -2.27. The minimum Gasteiger partial charge on any atom is -0.317 e. The van der Waals surface area contributed by atoms with Crippen LogP contribution in [0.1, 0.15) is 39.1 Å². The largest absolute Gasteiger partial charge is 0.317 e. The third-order valence-corrected chi connectivity index (χ3v) is 3.79. The van der Waals surface area contributed by atoms with E-state index in [0.717, 1.165) is 12.8 Å². The molecule has 1 N–H and O–H groups in total. The zero-order valence-electron chi connectivity index (χ0n) is 12.1. The normalized spacial score (nSPS) is 15.2. The SMILES string of the molecule is CCc1cc(CC(C(C)C)C(C)NC)n(C)n1. The maximum Gasteiger partial charge on any atom is 0.0624 e. The predicted molar refractivity (Wildman–Crippen MR) is 73.1 cm³/mol. The Morgan fingerprint density at radius 2 is 2.00 bits per heavy atom.